The number of rotatable bonds is 5. The Hall–Kier alpha value is -1.53. The maximum Gasteiger partial charge on any atom is 0.332 e. The molecule has 6 nitrogen and oxygen atoms in total. The van der Waals surface area contributed by atoms with Crippen LogP contribution in [0.3, 0.4) is 0 Å². The van der Waals surface area contributed by atoms with E-state index in [2.05, 4.69) is 15.3 Å². The summed E-state index contributed by atoms with van der Waals surface area (Å²) in [4.78, 5) is 18.6. The van der Waals surface area contributed by atoms with Gasteiger partial charge in [-0.2, -0.15) is 0 Å². The minimum absolute atomic E-state index is 0.0158. The minimum atomic E-state index is -0.872. The van der Waals surface area contributed by atoms with Gasteiger partial charge in [-0.25, -0.2) is 14.8 Å². The first-order chi connectivity index (χ1) is 8.25. The van der Waals surface area contributed by atoms with Crippen molar-refractivity contribution in [3.05, 3.63) is 24.3 Å². The third-order valence-corrected chi connectivity index (χ3v) is 2.70. The van der Waals surface area contributed by atoms with E-state index >= 15 is 0 Å². The molecule has 1 aliphatic heterocycles. The van der Waals surface area contributed by atoms with Gasteiger partial charge in [0, 0.05) is 19.3 Å². The molecule has 2 unspecified atom stereocenters. The molecule has 0 spiro atoms. The number of nitrogens with one attached hydrogen (secondary N) is 1. The predicted octanol–water partition coefficient (Wildman–Crippen LogP) is 0.198. The summed E-state index contributed by atoms with van der Waals surface area (Å²) in [6.07, 6.45) is 3.92. The van der Waals surface area contributed by atoms with Gasteiger partial charge in [-0.1, -0.05) is 0 Å². The van der Waals surface area contributed by atoms with Gasteiger partial charge in [-0.05, 0) is 18.9 Å². The Morgan fingerprint density at radius 3 is 3.12 bits per heavy atom. The second kappa shape index (κ2) is 5.70. The van der Waals surface area contributed by atoms with E-state index in [0.717, 1.165) is 12.1 Å². The Balaban J connectivity index is 1.68. The van der Waals surface area contributed by atoms with Gasteiger partial charge < -0.3 is 15.2 Å². The second-order valence-corrected chi connectivity index (χ2v) is 3.99. The molecule has 0 radical (unpaired) electrons. The molecule has 2 atom stereocenters. The van der Waals surface area contributed by atoms with Crippen molar-refractivity contribution in [2.75, 3.05) is 6.54 Å². The van der Waals surface area contributed by atoms with E-state index in [0.29, 0.717) is 19.5 Å². The minimum Gasteiger partial charge on any atom is -0.479 e. The van der Waals surface area contributed by atoms with Crippen molar-refractivity contribution in [1.29, 1.82) is 0 Å². The summed E-state index contributed by atoms with van der Waals surface area (Å²) in [5.74, 6) is -0.872. The van der Waals surface area contributed by atoms with Crippen molar-refractivity contribution < 1.29 is 14.6 Å². The van der Waals surface area contributed by atoms with Crippen LogP contribution in [0.5, 0.6) is 0 Å². The molecule has 0 saturated carbocycles. The molecule has 17 heavy (non-hydrogen) atoms. The number of ether oxygens (including phenoxy) is 1. The van der Waals surface area contributed by atoms with Crippen molar-refractivity contribution in [3.8, 4) is 0 Å². The average Bonchev–Trinajstić information content (AvgIpc) is 2.79. The molecule has 1 aliphatic rings. The molecule has 6 heteroatoms. The highest BCUT2D eigenvalue weighted by Gasteiger charge is 2.29. The monoisotopic (exact) mass is 237 g/mol. The van der Waals surface area contributed by atoms with E-state index in [9.17, 15) is 4.79 Å². The predicted molar refractivity (Wildman–Crippen MR) is 59.3 cm³/mol. The number of hydrogen-bond donors (Lipinski definition) is 2. The Labute approximate surface area is 99.0 Å². The lowest BCUT2D eigenvalue weighted by Gasteiger charge is -2.11. The number of carboxylic acids is 1. The largest absolute Gasteiger partial charge is 0.479 e. The number of aliphatic carboxylic acids is 1. The number of carbonyl (C=O) groups is 1. The number of hydrogen-bond acceptors (Lipinski definition) is 5. The van der Waals surface area contributed by atoms with Crippen molar-refractivity contribution >= 4 is 5.97 Å². The lowest BCUT2D eigenvalue weighted by Crippen LogP contribution is -2.28. The Kier molecular flexibility index (Phi) is 4.00. The fraction of sp³-hybridized carbons (Fsp3) is 0.545. The first kappa shape index (κ1) is 11.9. The molecular weight excluding hydrogens is 222 g/mol. The zero-order valence-corrected chi connectivity index (χ0v) is 9.37. The van der Waals surface area contributed by atoms with Crippen molar-refractivity contribution in [1.82, 2.24) is 15.3 Å². The van der Waals surface area contributed by atoms with Gasteiger partial charge in [0.15, 0.2) is 6.10 Å². The topological polar surface area (TPSA) is 84.3 Å². The fourth-order valence-corrected chi connectivity index (χ4v) is 1.82. The summed E-state index contributed by atoms with van der Waals surface area (Å²) in [6, 6.07) is 1.84. The van der Waals surface area contributed by atoms with Gasteiger partial charge >= 0.3 is 5.97 Å². The summed E-state index contributed by atoms with van der Waals surface area (Å²) in [7, 11) is 0. The lowest BCUT2D eigenvalue weighted by atomic mass is 10.2. The van der Waals surface area contributed by atoms with Gasteiger partial charge in [-0.15, -0.1) is 0 Å². The highest BCUT2D eigenvalue weighted by molar-refractivity contribution is 5.72. The summed E-state index contributed by atoms with van der Waals surface area (Å²) in [6.45, 7) is 1.29. The van der Waals surface area contributed by atoms with E-state index in [1.165, 1.54) is 6.33 Å². The van der Waals surface area contributed by atoms with Crippen LogP contribution in [0, 0.1) is 0 Å². The first-order valence-corrected chi connectivity index (χ1v) is 5.59. The van der Waals surface area contributed by atoms with Crippen LogP contribution in [-0.2, 0) is 16.1 Å². The van der Waals surface area contributed by atoms with E-state index in [-0.39, 0.29) is 6.10 Å². The molecule has 92 valence electrons. The van der Waals surface area contributed by atoms with E-state index in [4.69, 9.17) is 9.84 Å². The van der Waals surface area contributed by atoms with Crippen molar-refractivity contribution in [2.24, 2.45) is 0 Å². The number of aromatic nitrogens is 2. The maximum absolute atomic E-state index is 10.7. The molecule has 0 aliphatic carbocycles. The second-order valence-electron chi connectivity index (χ2n) is 3.99. The van der Waals surface area contributed by atoms with Crippen LogP contribution in [0.15, 0.2) is 18.6 Å². The number of carboxylic acid groups (broad SMARTS) is 1. The molecule has 1 aromatic rings. The van der Waals surface area contributed by atoms with Crippen LogP contribution in [0.1, 0.15) is 18.5 Å². The number of nitrogens with zero attached hydrogens (tertiary/aromatic N) is 2. The zero-order valence-electron chi connectivity index (χ0n) is 9.37. The van der Waals surface area contributed by atoms with Crippen LogP contribution in [0.25, 0.3) is 0 Å². The molecule has 0 bridgehead atoms. The Morgan fingerprint density at radius 2 is 2.47 bits per heavy atom. The third-order valence-electron chi connectivity index (χ3n) is 2.70. The van der Waals surface area contributed by atoms with E-state index < -0.39 is 12.1 Å². The van der Waals surface area contributed by atoms with E-state index in [1.54, 1.807) is 6.20 Å². The quantitative estimate of drug-likeness (QED) is 0.761. The summed E-state index contributed by atoms with van der Waals surface area (Å²) >= 11 is 0. The highest BCUT2D eigenvalue weighted by Crippen LogP contribution is 2.19. The van der Waals surface area contributed by atoms with Gasteiger partial charge in [0.2, 0.25) is 0 Å². The molecule has 1 saturated heterocycles. The average molecular weight is 237 g/mol. The zero-order chi connectivity index (χ0) is 12.1. The van der Waals surface area contributed by atoms with Crippen molar-refractivity contribution in [2.45, 2.75) is 31.6 Å². The van der Waals surface area contributed by atoms with Gasteiger partial charge in [-0.3, -0.25) is 0 Å². The molecule has 2 rings (SSSR count). The fourth-order valence-electron chi connectivity index (χ4n) is 1.82. The summed E-state index contributed by atoms with van der Waals surface area (Å²) in [5.41, 5.74) is 0.910. The molecular formula is C11H15N3O3. The standard InChI is InChI=1S/C11H15N3O3/c15-11(16)10-2-1-9(17-10)6-13-5-8-3-4-12-7-14-8/h3-4,7,9-10,13H,1-2,5-6H2,(H,15,16). The van der Waals surface area contributed by atoms with E-state index in [1.807, 2.05) is 6.07 Å². The maximum atomic E-state index is 10.7. The molecule has 1 aromatic heterocycles. The van der Waals surface area contributed by atoms with Crippen molar-refractivity contribution in [3.63, 3.8) is 0 Å². The SMILES string of the molecule is O=C(O)C1CCC(CNCc2ccncn2)O1. The van der Waals surface area contributed by atoms with Gasteiger partial charge in [0.1, 0.15) is 6.33 Å². The van der Waals surface area contributed by atoms with Gasteiger partial charge in [0.25, 0.3) is 0 Å². The van der Waals surface area contributed by atoms with Crippen LogP contribution in [0.2, 0.25) is 0 Å². The first-order valence-electron chi connectivity index (χ1n) is 5.59. The van der Waals surface area contributed by atoms with Crippen LogP contribution >= 0.6 is 0 Å². The summed E-state index contributed by atoms with van der Waals surface area (Å²) in [5, 5.41) is 12.0. The Bertz CT molecular complexity index is 371. The normalized spacial score (nSPS) is 23.8. The van der Waals surface area contributed by atoms with Crippen LogP contribution in [-0.4, -0.2) is 39.8 Å². The van der Waals surface area contributed by atoms with Gasteiger partial charge in [0.05, 0.1) is 11.8 Å². The Morgan fingerprint density at radius 1 is 1.59 bits per heavy atom. The third kappa shape index (κ3) is 3.47. The smallest absolute Gasteiger partial charge is 0.332 e. The molecule has 0 amide bonds. The van der Waals surface area contributed by atoms with Crippen LogP contribution < -0.4 is 5.32 Å². The lowest BCUT2D eigenvalue weighted by molar-refractivity contribution is -0.149. The summed E-state index contributed by atoms with van der Waals surface area (Å²) < 4.78 is 5.37. The van der Waals surface area contributed by atoms with Crippen LogP contribution in [0.4, 0.5) is 0 Å². The molecule has 1 fully saturated rings. The highest BCUT2D eigenvalue weighted by atomic mass is 16.5. The molecule has 0 aromatic carbocycles. The molecule has 2 N–H and O–H groups in total. The molecule has 2 heterocycles.